The van der Waals surface area contributed by atoms with E-state index in [-0.39, 0.29) is 10.8 Å². The standard InChI is InChI=1S/C21H33N3O3S/c1-18-7-6-14-23(17-18)13-3-2-12-22-21(25)19-8-10-20(11-9-19)28(26,27)24-15-4-5-16-24/h8-11,18H,2-7,12-17H2,1H3,(H,22,25). The Morgan fingerprint density at radius 2 is 1.79 bits per heavy atom. The van der Waals surface area contributed by atoms with Crippen LogP contribution >= 0.6 is 0 Å². The summed E-state index contributed by atoms with van der Waals surface area (Å²) in [7, 11) is -3.42. The molecule has 2 heterocycles. The van der Waals surface area contributed by atoms with Crippen molar-refractivity contribution in [3.05, 3.63) is 29.8 Å². The predicted octanol–water partition coefficient (Wildman–Crippen LogP) is 2.71. The number of nitrogens with zero attached hydrogens (tertiary/aromatic N) is 2. The molecule has 2 aliphatic heterocycles. The van der Waals surface area contributed by atoms with Crippen molar-refractivity contribution in [2.24, 2.45) is 5.92 Å². The van der Waals surface area contributed by atoms with Crippen molar-refractivity contribution >= 4 is 15.9 Å². The fraction of sp³-hybridized carbons (Fsp3) is 0.667. The maximum absolute atomic E-state index is 12.5. The summed E-state index contributed by atoms with van der Waals surface area (Å²) in [6.07, 6.45) is 6.50. The topological polar surface area (TPSA) is 69.7 Å². The van der Waals surface area contributed by atoms with Crippen molar-refractivity contribution in [2.75, 3.05) is 39.3 Å². The van der Waals surface area contributed by atoms with Gasteiger partial charge in [-0.3, -0.25) is 4.79 Å². The van der Waals surface area contributed by atoms with Gasteiger partial charge in [0.15, 0.2) is 0 Å². The van der Waals surface area contributed by atoms with E-state index in [1.54, 1.807) is 24.3 Å². The number of likely N-dealkylation sites (tertiary alicyclic amines) is 1. The Morgan fingerprint density at radius 1 is 1.07 bits per heavy atom. The molecule has 1 amide bonds. The Balaban J connectivity index is 1.41. The molecule has 0 bridgehead atoms. The van der Waals surface area contributed by atoms with E-state index in [4.69, 9.17) is 0 Å². The van der Waals surface area contributed by atoms with Crippen LogP contribution in [0.2, 0.25) is 0 Å². The van der Waals surface area contributed by atoms with Gasteiger partial charge < -0.3 is 10.2 Å². The lowest BCUT2D eigenvalue weighted by Gasteiger charge is -2.30. The molecule has 0 saturated carbocycles. The van der Waals surface area contributed by atoms with Crippen molar-refractivity contribution in [3.63, 3.8) is 0 Å². The number of rotatable bonds is 8. The van der Waals surface area contributed by atoms with E-state index >= 15 is 0 Å². The highest BCUT2D eigenvalue weighted by Crippen LogP contribution is 2.21. The summed E-state index contributed by atoms with van der Waals surface area (Å²) >= 11 is 0. The van der Waals surface area contributed by atoms with Gasteiger partial charge in [-0.25, -0.2) is 8.42 Å². The maximum atomic E-state index is 12.5. The van der Waals surface area contributed by atoms with Gasteiger partial charge >= 0.3 is 0 Å². The lowest BCUT2D eigenvalue weighted by Crippen LogP contribution is -2.35. The zero-order valence-electron chi connectivity index (χ0n) is 16.9. The zero-order chi connectivity index (χ0) is 20.0. The second-order valence-corrected chi connectivity index (χ2v) is 10.1. The monoisotopic (exact) mass is 407 g/mol. The van der Waals surface area contributed by atoms with Crippen molar-refractivity contribution in [1.82, 2.24) is 14.5 Å². The molecule has 1 unspecified atom stereocenters. The molecule has 28 heavy (non-hydrogen) atoms. The molecule has 0 spiro atoms. The fourth-order valence-corrected chi connectivity index (χ4v) is 5.63. The number of hydrogen-bond donors (Lipinski definition) is 1. The molecule has 1 N–H and O–H groups in total. The van der Waals surface area contributed by atoms with E-state index in [1.165, 1.54) is 30.2 Å². The molecule has 1 aromatic rings. The highest BCUT2D eigenvalue weighted by molar-refractivity contribution is 7.89. The maximum Gasteiger partial charge on any atom is 0.251 e. The second kappa shape index (κ2) is 9.85. The Kier molecular flexibility index (Phi) is 7.48. The van der Waals surface area contributed by atoms with Crippen LogP contribution in [0, 0.1) is 5.92 Å². The van der Waals surface area contributed by atoms with Crippen LogP contribution in [0.1, 0.15) is 55.8 Å². The highest BCUT2D eigenvalue weighted by Gasteiger charge is 2.27. The normalized spacial score (nSPS) is 21.7. The van der Waals surface area contributed by atoms with Crippen LogP contribution in [0.3, 0.4) is 0 Å². The Hall–Kier alpha value is -1.44. The molecular weight excluding hydrogens is 374 g/mol. The molecule has 2 fully saturated rings. The van der Waals surface area contributed by atoms with Gasteiger partial charge in [-0.2, -0.15) is 4.31 Å². The van der Waals surface area contributed by atoms with Gasteiger partial charge in [0, 0.05) is 31.7 Å². The van der Waals surface area contributed by atoms with Gasteiger partial charge in [-0.1, -0.05) is 6.92 Å². The summed E-state index contributed by atoms with van der Waals surface area (Å²) in [5.41, 5.74) is 0.505. The van der Waals surface area contributed by atoms with E-state index in [0.29, 0.717) is 25.2 Å². The number of piperidine rings is 1. The first-order chi connectivity index (χ1) is 13.5. The number of unbranched alkanes of at least 4 members (excludes halogenated alkanes) is 1. The molecule has 7 heteroatoms. The number of carbonyl (C=O) groups is 1. The summed E-state index contributed by atoms with van der Waals surface area (Å²) in [5, 5.41) is 2.94. The third-order valence-electron chi connectivity index (χ3n) is 5.75. The average molecular weight is 408 g/mol. The van der Waals surface area contributed by atoms with Gasteiger partial charge in [0.25, 0.3) is 5.91 Å². The largest absolute Gasteiger partial charge is 0.352 e. The first-order valence-corrected chi connectivity index (χ1v) is 12.0. The Bertz CT molecular complexity index is 743. The molecule has 2 aliphatic rings. The molecule has 0 aromatic heterocycles. The number of hydrogen-bond acceptors (Lipinski definition) is 4. The zero-order valence-corrected chi connectivity index (χ0v) is 17.7. The molecular formula is C21H33N3O3S. The van der Waals surface area contributed by atoms with Gasteiger partial charge in [-0.05, 0) is 81.8 Å². The smallest absolute Gasteiger partial charge is 0.251 e. The number of nitrogens with one attached hydrogen (secondary N) is 1. The highest BCUT2D eigenvalue weighted by atomic mass is 32.2. The molecule has 1 aromatic carbocycles. The average Bonchev–Trinajstić information content (AvgIpc) is 3.23. The molecule has 2 saturated heterocycles. The van der Waals surface area contributed by atoms with E-state index in [2.05, 4.69) is 17.1 Å². The molecule has 6 nitrogen and oxygen atoms in total. The quantitative estimate of drug-likeness (QED) is 0.673. The number of sulfonamides is 1. The summed E-state index contributed by atoms with van der Waals surface area (Å²) < 4.78 is 26.6. The number of benzene rings is 1. The summed E-state index contributed by atoms with van der Waals surface area (Å²) in [5.74, 6) is 0.655. The van der Waals surface area contributed by atoms with E-state index in [1.807, 2.05) is 0 Å². The third kappa shape index (κ3) is 5.55. The minimum Gasteiger partial charge on any atom is -0.352 e. The molecule has 1 atom stereocenters. The first-order valence-electron chi connectivity index (χ1n) is 10.6. The molecule has 0 aliphatic carbocycles. The summed E-state index contributed by atoms with van der Waals surface area (Å²) in [4.78, 5) is 15.1. The van der Waals surface area contributed by atoms with Crippen molar-refractivity contribution in [1.29, 1.82) is 0 Å². The Labute approximate surface area is 169 Å². The van der Waals surface area contributed by atoms with Crippen LogP contribution in [-0.2, 0) is 10.0 Å². The van der Waals surface area contributed by atoms with Gasteiger partial charge in [0.1, 0.15) is 0 Å². The number of carbonyl (C=O) groups excluding carboxylic acids is 1. The fourth-order valence-electron chi connectivity index (χ4n) is 4.11. The minimum absolute atomic E-state index is 0.142. The van der Waals surface area contributed by atoms with Crippen LogP contribution in [0.25, 0.3) is 0 Å². The third-order valence-corrected chi connectivity index (χ3v) is 7.66. The minimum atomic E-state index is -3.42. The van der Waals surface area contributed by atoms with Crippen LogP contribution in [-0.4, -0.2) is 62.8 Å². The molecule has 156 valence electrons. The van der Waals surface area contributed by atoms with Crippen LogP contribution in [0.15, 0.2) is 29.2 Å². The van der Waals surface area contributed by atoms with Gasteiger partial charge in [0.05, 0.1) is 4.90 Å². The van der Waals surface area contributed by atoms with Gasteiger partial charge in [-0.15, -0.1) is 0 Å². The summed E-state index contributed by atoms with van der Waals surface area (Å²) in [6, 6.07) is 6.29. The van der Waals surface area contributed by atoms with Crippen LogP contribution < -0.4 is 5.32 Å². The van der Waals surface area contributed by atoms with E-state index in [9.17, 15) is 13.2 Å². The van der Waals surface area contributed by atoms with Crippen LogP contribution in [0.4, 0.5) is 0 Å². The molecule has 0 radical (unpaired) electrons. The second-order valence-electron chi connectivity index (χ2n) is 8.15. The van der Waals surface area contributed by atoms with Crippen molar-refractivity contribution in [2.45, 2.75) is 50.3 Å². The lowest BCUT2D eigenvalue weighted by molar-refractivity contribution is 0.0952. The SMILES string of the molecule is CC1CCCN(CCCCNC(=O)c2ccc(S(=O)(=O)N3CCCC3)cc2)C1. The summed E-state index contributed by atoms with van der Waals surface area (Å²) in [6.45, 7) is 7.62. The van der Waals surface area contributed by atoms with E-state index in [0.717, 1.165) is 38.1 Å². The predicted molar refractivity (Wildman–Crippen MR) is 111 cm³/mol. The van der Waals surface area contributed by atoms with Crippen molar-refractivity contribution in [3.8, 4) is 0 Å². The van der Waals surface area contributed by atoms with E-state index < -0.39 is 10.0 Å². The first kappa shape index (κ1) is 21.3. The van der Waals surface area contributed by atoms with Crippen molar-refractivity contribution < 1.29 is 13.2 Å². The van der Waals surface area contributed by atoms with Gasteiger partial charge in [0.2, 0.25) is 10.0 Å². The lowest BCUT2D eigenvalue weighted by atomic mass is 10.0. The Morgan fingerprint density at radius 3 is 2.46 bits per heavy atom. The van der Waals surface area contributed by atoms with Crippen LogP contribution in [0.5, 0.6) is 0 Å². The number of amides is 1. The molecule has 3 rings (SSSR count).